The summed E-state index contributed by atoms with van der Waals surface area (Å²) in [6.45, 7) is 2.15. The quantitative estimate of drug-likeness (QED) is 0.705. The summed E-state index contributed by atoms with van der Waals surface area (Å²) in [5.41, 5.74) is 8.69. The summed E-state index contributed by atoms with van der Waals surface area (Å²) >= 11 is 1.75. The van der Waals surface area contributed by atoms with E-state index in [1.165, 1.54) is 4.88 Å². The second-order valence-corrected chi connectivity index (χ2v) is 5.46. The first-order valence-corrected chi connectivity index (χ1v) is 7.07. The van der Waals surface area contributed by atoms with Crippen molar-refractivity contribution in [2.45, 2.75) is 13.0 Å². The molecule has 0 bridgehead atoms. The minimum absolute atomic E-state index is 0.258. The third-order valence-corrected chi connectivity index (χ3v) is 4.20. The van der Waals surface area contributed by atoms with Crippen molar-refractivity contribution in [3.8, 4) is 0 Å². The molecule has 3 aromatic rings. The number of nitrogens with zero attached hydrogens (tertiary/aromatic N) is 1. The Labute approximate surface area is 116 Å². The van der Waals surface area contributed by atoms with Gasteiger partial charge in [0.1, 0.15) is 0 Å². The standard InChI is InChI=1S/C15H15N3S/c1-10(14-5-3-9-19-14)18-13-7-6-12(16)11-4-2-8-17-15(11)13/h2-10,18H,16H2,1H3. The van der Waals surface area contributed by atoms with E-state index in [4.69, 9.17) is 5.73 Å². The van der Waals surface area contributed by atoms with Crippen LogP contribution in [-0.2, 0) is 0 Å². The number of nitrogens with two attached hydrogens (primary N) is 1. The average Bonchev–Trinajstić information content (AvgIpc) is 2.96. The molecule has 1 aromatic carbocycles. The molecule has 3 rings (SSSR count). The van der Waals surface area contributed by atoms with Crippen LogP contribution in [0.1, 0.15) is 17.8 Å². The van der Waals surface area contributed by atoms with Gasteiger partial charge in [-0.3, -0.25) is 4.98 Å². The number of nitrogen functional groups attached to an aromatic ring is 1. The lowest BCUT2D eigenvalue weighted by atomic mass is 10.1. The van der Waals surface area contributed by atoms with E-state index in [0.717, 1.165) is 22.3 Å². The van der Waals surface area contributed by atoms with Crippen molar-refractivity contribution >= 4 is 33.6 Å². The average molecular weight is 269 g/mol. The summed E-state index contributed by atoms with van der Waals surface area (Å²) in [5.74, 6) is 0. The van der Waals surface area contributed by atoms with Gasteiger partial charge in [0.2, 0.25) is 0 Å². The number of fused-ring (bicyclic) bond motifs is 1. The molecule has 0 saturated heterocycles. The Morgan fingerprint density at radius 3 is 2.89 bits per heavy atom. The molecule has 0 aliphatic rings. The van der Waals surface area contributed by atoms with E-state index in [1.54, 1.807) is 17.5 Å². The van der Waals surface area contributed by atoms with Crippen LogP contribution < -0.4 is 11.1 Å². The van der Waals surface area contributed by atoms with Gasteiger partial charge in [0.25, 0.3) is 0 Å². The number of thiophene rings is 1. The second-order valence-electron chi connectivity index (χ2n) is 4.48. The molecule has 0 spiro atoms. The van der Waals surface area contributed by atoms with Crippen molar-refractivity contribution in [1.29, 1.82) is 0 Å². The highest BCUT2D eigenvalue weighted by Gasteiger charge is 2.10. The minimum atomic E-state index is 0.258. The third-order valence-electron chi connectivity index (χ3n) is 3.15. The van der Waals surface area contributed by atoms with Crippen molar-refractivity contribution in [2.75, 3.05) is 11.1 Å². The lowest BCUT2D eigenvalue weighted by Gasteiger charge is -2.15. The van der Waals surface area contributed by atoms with Crippen molar-refractivity contribution < 1.29 is 0 Å². The Kier molecular flexibility index (Phi) is 3.09. The maximum absolute atomic E-state index is 5.98. The number of aromatic nitrogens is 1. The maximum Gasteiger partial charge on any atom is 0.0954 e. The number of benzene rings is 1. The van der Waals surface area contributed by atoms with E-state index in [1.807, 2.05) is 24.3 Å². The van der Waals surface area contributed by atoms with Crippen molar-refractivity contribution in [3.63, 3.8) is 0 Å². The Morgan fingerprint density at radius 1 is 1.21 bits per heavy atom. The SMILES string of the molecule is CC(Nc1ccc(N)c2cccnc12)c1cccs1. The monoisotopic (exact) mass is 269 g/mol. The minimum Gasteiger partial charge on any atom is -0.398 e. The van der Waals surface area contributed by atoms with Crippen LogP contribution in [-0.4, -0.2) is 4.98 Å². The number of hydrogen-bond donors (Lipinski definition) is 2. The van der Waals surface area contributed by atoms with Crippen LogP contribution in [0.4, 0.5) is 11.4 Å². The summed E-state index contributed by atoms with van der Waals surface area (Å²) in [6, 6.07) is 12.3. The zero-order valence-electron chi connectivity index (χ0n) is 10.6. The highest BCUT2D eigenvalue weighted by Crippen LogP contribution is 2.30. The predicted octanol–water partition coefficient (Wildman–Crippen LogP) is 4.05. The van der Waals surface area contributed by atoms with E-state index in [-0.39, 0.29) is 6.04 Å². The van der Waals surface area contributed by atoms with Gasteiger partial charge >= 0.3 is 0 Å². The molecule has 0 aliphatic carbocycles. The van der Waals surface area contributed by atoms with Gasteiger partial charge in [0.05, 0.1) is 17.2 Å². The van der Waals surface area contributed by atoms with Crippen molar-refractivity contribution in [1.82, 2.24) is 4.98 Å². The molecule has 3 nitrogen and oxygen atoms in total. The van der Waals surface area contributed by atoms with E-state index < -0.39 is 0 Å². The van der Waals surface area contributed by atoms with Gasteiger partial charge in [-0.05, 0) is 42.6 Å². The molecular formula is C15H15N3S. The molecule has 3 N–H and O–H groups in total. The van der Waals surface area contributed by atoms with Crippen LogP contribution in [0.5, 0.6) is 0 Å². The third kappa shape index (κ3) is 2.27. The first-order valence-electron chi connectivity index (χ1n) is 6.19. The number of hydrogen-bond acceptors (Lipinski definition) is 4. The van der Waals surface area contributed by atoms with E-state index in [9.17, 15) is 0 Å². The highest BCUT2D eigenvalue weighted by molar-refractivity contribution is 7.10. The van der Waals surface area contributed by atoms with Gasteiger partial charge in [-0.25, -0.2) is 0 Å². The van der Waals surface area contributed by atoms with Crippen LogP contribution in [0.3, 0.4) is 0 Å². The van der Waals surface area contributed by atoms with E-state index >= 15 is 0 Å². The molecule has 0 saturated carbocycles. The molecule has 0 aliphatic heterocycles. The van der Waals surface area contributed by atoms with Gasteiger partial charge in [-0.15, -0.1) is 11.3 Å². The van der Waals surface area contributed by atoms with Crippen LogP contribution in [0.25, 0.3) is 10.9 Å². The molecule has 96 valence electrons. The molecule has 4 heteroatoms. The molecule has 2 aromatic heterocycles. The number of pyridine rings is 1. The Hall–Kier alpha value is -2.07. The van der Waals surface area contributed by atoms with E-state index in [2.05, 4.69) is 34.7 Å². The number of anilines is 2. The highest BCUT2D eigenvalue weighted by atomic mass is 32.1. The van der Waals surface area contributed by atoms with Crippen LogP contribution in [0.2, 0.25) is 0 Å². The van der Waals surface area contributed by atoms with Crippen molar-refractivity contribution in [2.24, 2.45) is 0 Å². The summed E-state index contributed by atoms with van der Waals surface area (Å²) in [6.07, 6.45) is 1.79. The summed E-state index contributed by atoms with van der Waals surface area (Å²) < 4.78 is 0. The molecule has 0 fully saturated rings. The Balaban J connectivity index is 2.00. The number of rotatable bonds is 3. The fourth-order valence-electron chi connectivity index (χ4n) is 2.15. The van der Waals surface area contributed by atoms with E-state index in [0.29, 0.717) is 0 Å². The predicted molar refractivity (Wildman–Crippen MR) is 82.5 cm³/mol. The summed E-state index contributed by atoms with van der Waals surface area (Å²) in [7, 11) is 0. The van der Waals surface area contributed by atoms with Gasteiger partial charge in [0.15, 0.2) is 0 Å². The van der Waals surface area contributed by atoms with Gasteiger partial charge in [0, 0.05) is 22.1 Å². The van der Waals surface area contributed by atoms with Crippen LogP contribution >= 0.6 is 11.3 Å². The fraction of sp³-hybridized carbons (Fsp3) is 0.133. The molecule has 0 amide bonds. The largest absolute Gasteiger partial charge is 0.398 e. The van der Waals surface area contributed by atoms with Gasteiger partial charge < -0.3 is 11.1 Å². The van der Waals surface area contributed by atoms with Gasteiger partial charge in [-0.2, -0.15) is 0 Å². The molecule has 0 radical (unpaired) electrons. The summed E-state index contributed by atoms with van der Waals surface area (Å²) in [4.78, 5) is 5.74. The topological polar surface area (TPSA) is 50.9 Å². The zero-order valence-corrected chi connectivity index (χ0v) is 11.4. The van der Waals surface area contributed by atoms with Gasteiger partial charge in [-0.1, -0.05) is 6.07 Å². The van der Waals surface area contributed by atoms with Crippen LogP contribution in [0.15, 0.2) is 48.0 Å². The Bertz CT molecular complexity index is 692. The first kappa shape index (κ1) is 12.0. The molecule has 1 unspecified atom stereocenters. The molecule has 1 atom stereocenters. The zero-order chi connectivity index (χ0) is 13.2. The molecular weight excluding hydrogens is 254 g/mol. The molecule has 19 heavy (non-hydrogen) atoms. The molecule has 2 heterocycles. The van der Waals surface area contributed by atoms with Crippen LogP contribution in [0, 0.1) is 0 Å². The second kappa shape index (κ2) is 4.90. The lowest BCUT2D eigenvalue weighted by Crippen LogP contribution is -2.06. The van der Waals surface area contributed by atoms with Crippen molar-refractivity contribution in [3.05, 3.63) is 52.9 Å². The Morgan fingerprint density at radius 2 is 2.11 bits per heavy atom. The lowest BCUT2D eigenvalue weighted by molar-refractivity contribution is 0.909. The normalized spacial score (nSPS) is 12.5. The number of nitrogens with one attached hydrogen (secondary N) is 1. The fourth-order valence-corrected chi connectivity index (χ4v) is 2.89. The smallest absolute Gasteiger partial charge is 0.0954 e. The maximum atomic E-state index is 5.98. The summed E-state index contributed by atoms with van der Waals surface area (Å²) in [5, 5.41) is 6.59. The first-order chi connectivity index (χ1) is 9.25.